The number of H-pyrrole nitrogens is 1. The minimum absolute atomic E-state index is 0.235. The molecule has 0 bridgehead atoms. The zero-order valence-electron chi connectivity index (χ0n) is 11.9. The predicted octanol–water partition coefficient (Wildman–Crippen LogP) is 0.917. The Bertz CT molecular complexity index is 618. The second-order valence-electron chi connectivity index (χ2n) is 5.84. The molecule has 7 nitrogen and oxygen atoms in total. The number of anilines is 1. The number of nitrogens with one attached hydrogen (secondary N) is 2. The van der Waals surface area contributed by atoms with Crippen molar-refractivity contribution in [3.63, 3.8) is 0 Å². The van der Waals surface area contributed by atoms with Crippen LogP contribution < -0.4 is 11.1 Å². The molecule has 0 radical (unpaired) electrons. The van der Waals surface area contributed by atoms with Gasteiger partial charge in [0.25, 0.3) is 0 Å². The van der Waals surface area contributed by atoms with Crippen molar-refractivity contribution in [2.75, 3.05) is 5.32 Å². The number of hydrogen-bond donors (Lipinski definition) is 3. The van der Waals surface area contributed by atoms with Crippen LogP contribution in [0.15, 0.2) is 0 Å². The maximum atomic E-state index is 12.1. The first kappa shape index (κ1) is 13.5. The standard InChI is InChI=1S/C12H20N6O/c1-6-7-9(15-16-10(7)18(5)17-6)14-11(19)8(13)12(2,3)4/h8H,13H2,1-5H3,(H2,14,15,16,19)/t8-/m1/s1. The Hall–Kier alpha value is -1.89. The number of amides is 1. The second-order valence-corrected chi connectivity index (χ2v) is 5.84. The molecule has 0 saturated carbocycles. The van der Waals surface area contributed by atoms with Gasteiger partial charge < -0.3 is 11.1 Å². The zero-order chi connectivity index (χ0) is 14.4. The highest BCUT2D eigenvalue weighted by Gasteiger charge is 2.28. The summed E-state index contributed by atoms with van der Waals surface area (Å²) >= 11 is 0. The minimum Gasteiger partial charge on any atom is -0.319 e. The average molecular weight is 264 g/mol. The van der Waals surface area contributed by atoms with Crippen molar-refractivity contribution in [1.82, 2.24) is 20.0 Å². The number of carbonyl (C=O) groups is 1. The number of rotatable bonds is 2. The monoisotopic (exact) mass is 264 g/mol. The first-order chi connectivity index (χ1) is 8.71. The van der Waals surface area contributed by atoms with Gasteiger partial charge in [-0.05, 0) is 12.3 Å². The van der Waals surface area contributed by atoms with Crippen molar-refractivity contribution in [2.24, 2.45) is 18.2 Å². The van der Waals surface area contributed by atoms with Gasteiger partial charge in [0.15, 0.2) is 5.65 Å². The molecular weight excluding hydrogens is 244 g/mol. The molecule has 1 atom stereocenters. The van der Waals surface area contributed by atoms with Gasteiger partial charge in [-0.1, -0.05) is 20.8 Å². The molecule has 0 unspecified atom stereocenters. The van der Waals surface area contributed by atoms with Crippen molar-refractivity contribution in [3.8, 4) is 0 Å². The predicted molar refractivity (Wildman–Crippen MR) is 73.7 cm³/mol. The van der Waals surface area contributed by atoms with Crippen molar-refractivity contribution in [1.29, 1.82) is 0 Å². The van der Waals surface area contributed by atoms with Crippen LogP contribution in [-0.4, -0.2) is 31.9 Å². The van der Waals surface area contributed by atoms with E-state index in [9.17, 15) is 4.79 Å². The lowest BCUT2D eigenvalue weighted by Gasteiger charge is -2.25. The van der Waals surface area contributed by atoms with Crippen molar-refractivity contribution in [2.45, 2.75) is 33.7 Å². The third-order valence-corrected chi connectivity index (χ3v) is 3.18. The molecule has 2 aromatic heterocycles. The molecule has 19 heavy (non-hydrogen) atoms. The molecular formula is C12H20N6O. The highest BCUT2D eigenvalue weighted by molar-refractivity contribution is 6.02. The summed E-state index contributed by atoms with van der Waals surface area (Å²) in [5.41, 5.74) is 7.15. The summed E-state index contributed by atoms with van der Waals surface area (Å²) in [6.07, 6.45) is 0. The van der Waals surface area contributed by atoms with Crippen LogP contribution in [0.1, 0.15) is 26.5 Å². The highest BCUT2D eigenvalue weighted by atomic mass is 16.2. The molecule has 0 aliphatic rings. The van der Waals surface area contributed by atoms with E-state index in [1.807, 2.05) is 34.7 Å². The number of nitrogens with zero attached hydrogens (tertiary/aromatic N) is 3. The quantitative estimate of drug-likeness (QED) is 0.750. The van der Waals surface area contributed by atoms with E-state index in [0.29, 0.717) is 11.5 Å². The Morgan fingerprint density at radius 2 is 2.11 bits per heavy atom. The van der Waals surface area contributed by atoms with Crippen LogP contribution in [-0.2, 0) is 11.8 Å². The first-order valence-corrected chi connectivity index (χ1v) is 6.16. The molecule has 0 fully saturated rings. The van der Waals surface area contributed by atoms with Crippen LogP contribution in [0.4, 0.5) is 5.82 Å². The van der Waals surface area contributed by atoms with Crippen LogP contribution in [0.3, 0.4) is 0 Å². The first-order valence-electron chi connectivity index (χ1n) is 6.16. The van der Waals surface area contributed by atoms with Gasteiger partial charge in [0.1, 0.15) is 5.82 Å². The van der Waals surface area contributed by atoms with Crippen LogP contribution in [0.2, 0.25) is 0 Å². The van der Waals surface area contributed by atoms with E-state index in [4.69, 9.17) is 5.73 Å². The minimum atomic E-state index is -0.595. The third kappa shape index (κ3) is 2.33. The van der Waals surface area contributed by atoms with E-state index < -0.39 is 6.04 Å². The Labute approximate surface area is 111 Å². The Balaban J connectivity index is 2.30. The van der Waals surface area contributed by atoms with Crippen molar-refractivity contribution in [3.05, 3.63) is 5.69 Å². The van der Waals surface area contributed by atoms with E-state index in [2.05, 4.69) is 20.6 Å². The second kappa shape index (κ2) is 4.34. The van der Waals surface area contributed by atoms with Gasteiger partial charge in [-0.2, -0.15) is 10.2 Å². The molecule has 0 aromatic carbocycles. The van der Waals surface area contributed by atoms with Crippen LogP contribution in [0.5, 0.6) is 0 Å². The van der Waals surface area contributed by atoms with E-state index in [1.165, 1.54) is 0 Å². The lowest BCUT2D eigenvalue weighted by atomic mass is 9.87. The summed E-state index contributed by atoms with van der Waals surface area (Å²) in [6.45, 7) is 7.65. The molecule has 2 aromatic rings. The number of aryl methyl sites for hydroxylation is 2. The number of aromatic nitrogens is 4. The summed E-state index contributed by atoms with van der Waals surface area (Å²) < 4.78 is 1.67. The third-order valence-electron chi connectivity index (χ3n) is 3.18. The van der Waals surface area contributed by atoms with Crippen LogP contribution >= 0.6 is 0 Å². The lowest BCUT2D eigenvalue weighted by molar-refractivity contribution is -0.119. The molecule has 2 rings (SSSR count). The molecule has 4 N–H and O–H groups in total. The normalized spacial score (nSPS) is 13.8. The summed E-state index contributed by atoms with van der Waals surface area (Å²) in [7, 11) is 1.81. The van der Waals surface area contributed by atoms with Gasteiger partial charge in [-0.15, -0.1) is 0 Å². The van der Waals surface area contributed by atoms with Gasteiger partial charge in [0.05, 0.1) is 17.1 Å². The molecule has 0 spiro atoms. The zero-order valence-corrected chi connectivity index (χ0v) is 11.9. The Morgan fingerprint density at radius 1 is 1.47 bits per heavy atom. The summed E-state index contributed by atoms with van der Waals surface area (Å²) in [5, 5.41) is 14.8. The van der Waals surface area contributed by atoms with Crippen LogP contribution in [0.25, 0.3) is 11.0 Å². The largest absolute Gasteiger partial charge is 0.319 e. The SMILES string of the molecule is Cc1nn(C)c2n[nH]c(NC(=O)[C@@H](N)C(C)(C)C)c12. The van der Waals surface area contributed by atoms with E-state index in [1.54, 1.807) is 4.68 Å². The van der Waals surface area contributed by atoms with Crippen molar-refractivity contribution < 1.29 is 4.79 Å². The lowest BCUT2D eigenvalue weighted by Crippen LogP contribution is -2.45. The summed E-state index contributed by atoms with van der Waals surface area (Å²) in [6, 6.07) is -0.595. The summed E-state index contributed by atoms with van der Waals surface area (Å²) in [4.78, 5) is 12.1. The molecule has 1 amide bonds. The number of aromatic amines is 1. The topological polar surface area (TPSA) is 102 Å². The number of carbonyl (C=O) groups excluding carboxylic acids is 1. The average Bonchev–Trinajstić information content (AvgIpc) is 2.81. The van der Waals surface area contributed by atoms with Gasteiger partial charge in [-0.25, -0.2) is 4.68 Å². The van der Waals surface area contributed by atoms with Crippen LogP contribution in [0, 0.1) is 12.3 Å². The van der Waals surface area contributed by atoms with Gasteiger partial charge in [-0.3, -0.25) is 9.89 Å². The smallest absolute Gasteiger partial charge is 0.242 e. The van der Waals surface area contributed by atoms with E-state index in [-0.39, 0.29) is 11.3 Å². The molecule has 0 aliphatic carbocycles. The molecule has 2 heterocycles. The maximum Gasteiger partial charge on any atom is 0.242 e. The highest BCUT2D eigenvalue weighted by Crippen LogP contribution is 2.24. The van der Waals surface area contributed by atoms with E-state index in [0.717, 1.165) is 11.1 Å². The molecule has 104 valence electrons. The van der Waals surface area contributed by atoms with Crippen molar-refractivity contribution >= 4 is 22.8 Å². The van der Waals surface area contributed by atoms with E-state index >= 15 is 0 Å². The number of hydrogen-bond acceptors (Lipinski definition) is 4. The van der Waals surface area contributed by atoms with Gasteiger partial charge in [0.2, 0.25) is 5.91 Å². The molecule has 0 saturated heterocycles. The Kier molecular flexibility index (Phi) is 3.09. The maximum absolute atomic E-state index is 12.1. The fourth-order valence-electron chi connectivity index (χ4n) is 1.92. The fourth-order valence-corrected chi connectivity index (χ4v) is 1.92. The Morgan fingerprint density at radius 3 is 2.68 bits per heavy atom. The summed E-state index contributed by atoms with van der Waals surface area (Å²) in [5.74, 6) is 0.312. The molecule has 0 aliphatic heterocycles. The molecule has 7 heteroatoms. The number of fused-ring (bicyclic) bond motifs is 1. The fraction of sp³-hybridized carbons (Fsp3) is 0.583. The van der Waals surface area contributed by atoms with Gasteiger partial charge >= 0.3 is 0 Å². The number of nitrogens with two attached hydrogens (primary N) is 1. The van der Waals surface area contributed by atoms with Gasteiger partial charge in [0, 0.05) is 7.05 Å².